The third-order valence-electron chi connectivity index (χ3n) is 10.7. The molecule has 5 atom stereocenters. The van der Waals surface area contributed by atoms with Crippen molar-refractivity contribution in [1.82, 2.24) is 16.0 Å². The molecule has 1 aliphatic carbocycles. The predicted molar refractivity (Wildman–Crippen MR) is 190 cm³/mol. The first-order valence-corrected chi connectivity index (χ1v) is 17.7. The number of hydrogen-bond donors (Lipinski definition) is 4. The molecule has 2 aliphatic rings. The number of carboxylic acid groups (broad SMARTS) is 1. The monoisotopic (exact) mass is 683 g/mol. The van der Waals surface area contributed by atoms with E-state index in [0.717, 1.165) is 59.6 Å². The number of hydrogen-bond acceptors (Lipinski definition) is 6. The Hall–Kier alpha value is -4.73. The second-order valence-electron chi connectivity index (χ2n) is 14.6. The molecule has 4 N–H and O–H groups in total. The highest BCUT2D eigenvalue weighted by Gasteiger charge is 2.42. The molecule has 2 fully saturated rings. The van der Waals surface area contributed by atoms with Crippen molar-refractivity contribution < 1.29 is 33.8 Å². The van der Waals surface area contributed by atoms with Crippen LogP contribution in [0.5, 0.6) is 0 Å². The Morgan fingerprint density at radius 2 is 1.64 bits per heavy atom. The summed E-state index contributed by atoms with van der Waals surface area (Å²) in [5, 5.41) is 19.8. The van der Waals surface area contributed by atoms with Crippen LogP contribution in [0.2, 0.25) is 0 Å². The molecule has 3 aromatic carbocycles. The number of benzene rings is 3. The van der Waals surface area contributed by atoms with Gasteiger partial charge in [0, 0.05) is 17.9 Å². The lowest BCUT2D eigenvalue weighted by Crippen LogP contribution is -2.56. The van der Waals surface area contributed by atoms with Gasteiger partial charge in [-0.2, -0.15) is 0 Å². The van der Waals surface area contributed by atoms with E-state index in [0.29, 0.717) is 19.4 Å². The molecular formula is C40H49N3O7. The Bertz CT molecular complexity index is 1730. The van der Waals surface area contributed by atoms with Gasteiger partial charge in [-0.15, -0.1) is 0 Å². The maximum Gasteiger partial charge on any atom is 0.408 e. The Labute approximate surface area is 293 Å². The molecule has 1 saturated heterocycles. The zero-order valence-corrected chi connectivity index (χ0v) is 29.4. The van der Waals surface area contributed by atoms with Gasteiger partial charge in [0.1, 0.15) is 18.2 Å². The molecule has 5 rings (SSSR count). The van der Waals surface area contributed by atoms with Crippen LogP contribution in [0.4, 0.5) is 4.79 Å². The van der Waals surface area contributed by atoms with Gasteiger partial charge >= 0.3 is 12.1 Å². The number of carboxylic acids is 1. The molecule has 3 aromatic rings. The van der Waals surface area contributed by atoms with Crippen LogP contribution in [0.25, 0.3) is 10.8 Å². The molecule has 0 aromatic heterocycles. The average molecular weight is 684 g/mol. The molecule has 1 saturated carbocycles. The molecule has 10 nitrogen and oxygen atoms in total. The van der Waals surface area contributed by atoms with Crippen molar-refractivity contribution in [3.8, 4) is 0 Å². The average Bonchev–Trinajstić information content (AvgIpc) is 3.54. The summed E-state index contributed by atoms with van der Waals surface area (Å²) in [5.74, 6) is -5.14. The smallest absolute Gasteiger partial charge is 0.408 e. The fourth-order valence-corrected chi connectivity index (χ4v) is 7.64. The van der Waals surface area contributed by atoms with Crippen molar-refractivity contribution in [3.05, 3.63) is 83.4 Å². The summed E-state index contributed by atoms with van der Waals surface area (Å²) in [4.78, 5) is 65.3. The highest BCUT2D eigenvalue weighted by molar-refractivity contribution is 6.35. The van der Waals surface area contributed by atoms with Gasteiger partial charge in [-0.25, -0.2) is 9.59 Å². The molecule has 1 aliphatic heterocycles. The lowest BCUT2D eigenvalue weighted by Gasteiger charge is -2.36. The molecule has 266 valence electrons. The van der Waals surface area contributed by atoms with E-state index in [1.54, 1.807) is 6.92 Å². The minimum Gasteiger partial charge on any atom is -0.475 e. The molecule has 3 amide bonds. The largest absolute Gasteiger partial charge is 0.475 e. The van der Waals surface area contributed by atoms with Crippen LogP contribution in [0.1, 0.15) is 88.5 Å². The molecule has 1 heterocycles. The zero-order valence-electron chi connectivity index (χ0n) is 29.4. The minimum absolute atomic E-state index is 0.145. The fourth-order valence-electron chi connectivity index (χ4n) is 7.64. The topological polar surface area (TPSA) is 151 Å². The number of carbonyl (C=O) groups excluding carboxylic acids is 4. The lowest BCUT2D eigenvalue weighted by atomic mass is 9.76. The van der Waals surface area contributed by atoms with E-state index in [1.165, 1.54) is 0 Å². The van der Waals surface area contributed by atoms with E-state index in [1.807, 2.05) is 81.4 Å². The number of amides is 3. The van der Waals surface area contributed by atoms with Crippen molar-refractivity contribution >= 4 is 40.4 Å². The maximum absolute atomic E-state index is 14.0. The van der Waals surface area contributed by atoms with Crippen LogP contribution in [-0.4, -0.2) is 53.4 Å². The quantitative estimate of drug-likeness (QED) is 0.158. The second kappa shape index (κ2) is 15.9. The van der Waals surface area contributed by atoms with Crippen LogP contribution in [0.15, 0.2) is 66.7 Å². The summed E-state index contributed by atoms with van der Waals surface area (Å²) in [6, 6.07) is 19.4. The van der Waals surface area contributed by atoms with Crippen LogP contribution < -0.4 is 16.0 Å². The summed E-state index contributed by atoms with van der Waals surface area (Å²) in [7, 11) is 0. The zero-order chi connectivity index (χ0) is 36.0. The summed E-state index contributed by atoms with van der Waals surface area (Å²) >= 11 is 0. The van der Waals surface area contributed by atoms with Gasteiger partial charge in [0.25, 0.3) is 5.78 Å². The third kappa shape index (κ3) is 8.52. The highest BCUT2D eigenvalue weighted by atomic mass is 16.6. The molecule has 0 spiro atoms. The van der Waals surface area contributed by atoms with Crippen LogP contribution >= 0.6 is 0 Å². The number of ether oxygens (including phenoxy) is 1. The summed E-state index contributed by atoms with van der Waals surface area (Å²) in [5.41, 5.74) is 2.13. The maximum atomic E-state index is 14.0. The number of alkyl carbamates (subject to hydrolysis) is 1. The standard InChI is InChI=1S/C40H49N3O7/c1-24-11-10-16-30(21-24)40(3,4)35(29-18-17-27-14-8-9-15-28(27)23-29)50-39(49)42-32(22-26-12-6-5-7-13-26)37(46)43-33(34(44)38(47)48)25(2)31-19-20-41-36(31)45/h8-11,14-18,21,23,25-26,31-33,35H,5-7,12-13,19-20,22H2,1-4H3,(H,41,45)(H,42,49)(H,43,46)(H,47,48)/t25-,31?,32-,33?,35?/m0/s1. The van der Waals surface area contributed by atoms with E-state index < -0.39 is 59.2 Å². The Balaban J connectivity index is 1.44. The third-order valence-corrected chi connectivity index (χ3v) is 10.7. The number of aryl methyl sites for hydroxylation is 1. The highest BCUT2D eigenvalue weighted by Crippen LogP contribution is 2.41. The molecule has 3 unspecified atom stereocenters. The first-order chi connectivity index (χ1) is 23.8. The van der Waals surface area contributed by atoms with Gasteiger partial charge in [0.05, 0.1) is 0 Å². The molecular weight excluding hydrogens is 634 g/mol. The van der Waals surface area contributed by atoms with Gasteiger partial charge in [-0.3, -0.25) is 14.4 Å². The number of ketones is 1. The number of carbonyl (C=O) groups is 5. The molecule has 0 radical (unpaired) electrons. The van der Waals surface area contributed by atoms with Gasteiger partial charge in [-0.1, -0.05) is 119 Å². The Morgan fingerprint density at radius 3 is 2.30 bits per heavy atom. The van der Waals surface area contributed by atoms with Gasteiger partial charge in [0.15, 0.2) is 0 Å². The van der Waals surface area contributed by atoms with Gasteiger partial charge in [-0.05, 0) is 59.6 Å². The van der Waals surface area contributed by atoms with Crippen molar-refractivity contribution in [2.45, 2.75) is 96.2 Å². The molecule has 0 bridgehead atoms. The summed E-state index contributed by atoms with van der Waals surface area (Å²) in [6.07, 6.45) is 4.04. The van der Waals surface area contributed by atoms with E-state index in [4.69, 9.17) is 4.74 Å². The van der Waals surface area contributed by atoms with Crippen LogP contribution in [0.3, 0.4) is 0 Å². The second-order valence-corrected chi connectivity index (χ2v) is 14.6. The van der Waals surface area contributed by atoms with E-state index in [2.05, 4.69) is 22.0 Å². The lowest BCUT2D eigenvalue weighted by molar-refractivity contribution is -0.151. The van der Waals surface area contributed by atoms with Crippen LogP contribution in [-0.2, 0) is 29.3 Å². The normalized spacial score (nSPS) is 19.1. The molecule has 10 heteroatoms. The van der Waals surface area contributed by atoms with Crippen molar-refractivity contribution in [1.29, 1.82) is 0 Å². The number of rotatable bonds is 13. The van der Waals surface area contributed by atoms with Crippen molar-refractivity contribution in [2.75, 3.05) is 6.54 Å². The first kappa shape index (κ1) is 36.5. The molecule has 50 heavy (non-hydrogen) atoms. The number of aliphatic carboxylic acids is 1. The minimum atomic E-state index is -1.70. The fraction of sp³-hybridized carbons (Fsp3) is 0.475. The Kier molecular flexibility index (Phi) is 11.6. The summed E-state index contributed by atoms with van der Waals surface area (Å²) in [6.45, 7) is 8.05. The van der Waals surface area contributed by atoms with E-state index in [9.17, 15) is 29.1 Å². The van der Waals surface area contributed by atoms with Crippen LogP contribution in [0, 0.1) is 24.7 Å². The SMILES string of the molecule is Cc1cccc(C(C)(C)C(OC(=O)N[C@@H](CC2CCCCC2)C(=O)NC(C(=O)C(=O)O)[C@@H](C)C2CCNC2=O)c2ccc3ccccc3c2)c1. The first-order valence-electron chi connectivity index (χ1n) is 17.7. The summed E-state index contributed by atoms with van der Waals surface area (Å²) < 4.78 is 6.30. The van der Waals surface area contributed by atoms with Gasteiger partial charge in [0.2, 0.25) is 11.8 Å². The van der Waals surface area contributed by atoms with E-state index in [-0.39, 0.29) is 11.8 Å². The Morgan fingerprint density at radius 1 is 0.920 bits per heavy atom. The van der Waals surface area contributed by atoms with Crippen molar-refractivity contribution in [2.24, 2.45) is 17.8 Å². The number of Topliss-reactive ketones (excluding diaryl/α,β-unsaturated/α-hetero) is 1. The predicted octanol–water partition coefficient (Wildman–Crippen LogP) is 6.14. The van der Waals surface area contributed by atoms with E-state index >= 15 is 0 Å². The number of fused-ring (bicyclic) bond motifs is 1. The number of nitrogens with one attached hydrogen (secondary N) is 3. The van der Waals surface area contributed by atoms with Gasteiger partial charge < -0.3 is 25.8 Å². The van der Waals surface area contributed by atoms with Crippen molar-refractivity contribution in [3.63, 3.8) is 0 Å².